The first-order valence-electron chi connectivity index (χ1n) is 5.37. The Labute approximate surface area is 93.2 Å². The van der Waals surface area contributed by atoms with E-state index in [0.29, 0.717) is 13.2 Å². The van der Waals surface area contributed by atoms with Crippen LogP contribution in [0.3, 0.4) is 0 Å². The average Bonchev–Trinajstić information content (AvgIpc) is 2.29. The highest BCUT2D eigenvalue weighted by Crippen LogP contribution is 2.00. The van der Waals surface area contributed by atoms with E-state index in [9.17, 15) is 0 Å². The van der Waals surface area contributed by atoms with Crippen LogP contribution in [0.15, 0.2) is 30.3 Å². The smallest absolute Gasteiger partial charge is 0.0696 e. The van der Waals surface area contributed by atoms with Gasteiger partial charge in [-0.3, -0.25) is 0 Å². The number of hydrogen-bond acceptors (Lipinski definition) is 2. The molecule has 0 bridgehead atoms. The first kappa shape index (κ1) is 14.1. The molecule has 0 fully saturated rings. The Bertz CT molecular complexity index is 205. The van der Waals surface area contributed by atoms with Crippen molar-refractivity contribution in [2.75, 3.05) is 27.4 Å². The lowest BCUT2D eigenvalue weighted by Crippen LogP contribution is -1.96. The van der Waals surface area contributed by atoms with Crippen molar-refractivity contribution in [3.63, 3.8) is 0 Å². The zero-order valence-corrected chi connectivity index (χ0v) is 10.0. The van der Waals surface area contributed by atoms with Gasteiger partial charge >= 0.3 is 0 Å². The highest BCUT2D eigenvalue weighted by atomic mass is 16.5. The van der Waals surface area contributed by atoms with E-state index in [1.54, 1.807) is 14.2 Å². The molecular weight excluding hydrogens is 188 g/mol. The molecule has 0 aliphatic rings. The fourth-order valence-electron chi connectivity index (χ4n) is 1.10. The zero-order valence-electron chi connectivity index (χ0n) is 10.0. The minimum atomic E-state index is 0.691. The summed E-state index contributed by atoms with van der Waals surface area (Å²) in [6.07, 6.45) is 2.45. The number of hydrogen-bond donors (Lipinski definition) is 0. The number of benzene rings is 1. The van der Waals surface area contributed by atoms with E-state index in [1.807, 2.05) is 0 Å². The van der Waals surface area contributed by atoms with Crippen molar-refractivity contribution >= 4 is 0 Å². The van der Waals surface area contributed by atoms with Gasteiger partial charge in [-0.05, 0) is 12.0 Å². The Morgan fingerprint density at radius 1 is 0.933 bits per heavy atom. The van der Waals surface area contributed by atoms with Gasteiger partial charge < -0.3 is 9.47 Å². The van der Waals surface area contributed by atoms with Crippen molar-refractivity contribution in [3.05, 3.63) is 35.9 Å². The van der Waals surface area contributed by atoms with Crippen LogP contribution < -0.4 is 0 Å². The van der Waals surface area contributed by atoms with Crippen molar-refractivity contribution in [1.29, 1.82) is 0 Å². The zero-order chi connectivity index (χ0) is 11.4. The van der Waals surface area contributed by atoms with Crippen LogP contribution in [0, 0.1) is 0 Å². The van der Waals surface area contributed by atoms with E-state index >= 15 is 0 Å². The highest BCUT2D eigenvalue weighted by Gasteiger charge is 1.84. The van der Waals surface area contributed by atoms with Crippen molar-refractivity contribution in [3.8, 4) is 0 Å². The van der Waals surface area contributed by atoms with Crippen LogP contribution in [-0.4, -0.2) is 27.4 Å². The molecule has 86 valence electrons. The van der Waals surface area contributed by atoms with Crippen molar-refractivity contribution in [1.82, 2.24) is 0 Å². The third kappa shape index (κ3) is 9.44. The van der Waals surface area contributed by atoms with Crippen molar-refractivity contribution in [2.45, 2.75) is 19.8 Å². The second-order valence-corrected chi connectivity index (χ2v) is 3.22. The molecule has 2 nitrogen and oxygen atoms in total. The molecule has 1 rings (SSSR count). The molecule has 0 unspecified atom stereocenters. The van der Waals surface area contributed by atoms with Crippen LogP contribution in [0.1, 0.15) is 18.9 Å². The first-order valence-corrected chi connectivity index (χ1v) is 5.37. The van der Waals surface area contributed by atoms with E-state index in [4.69, 9.17) is 0 Å². The minimum absolute atomic E-state index is 0.691. The summed E-state index contributed by atoms with van der Waals surface area (Å²) in [5.74, 6) is 0. The van der Waals surface area contributed by atoms with Crippen LogP contribution in [0.25, 0.3) is 0 Å². The van der Waals surface area contributed by atoms with Gasteiger partial charge in [-0.1, -0.05) is 43.7 Å². The Morgan fingerprint density at radius 3 is 1.87 bits per heavy atom. The standard InChI is InChI=1S/C9H12.C4H10O2/c1-2-6-9-7-4-3-5-8-9;1-5-3-4-6-2/h3-5,7-8H,2,6H2,1H3;3-4H2,1-2H3. The quantitative estimate of drug-likeness (QED) is 0.696. The van der Waals surface area contributed by atoms with E-state index in [-0.39, 0.29) is 0 Å². The molecule has 0 heterocycles. The predicted octanol–water partition coefficient (Wildman–Crippen LogP) is 2.92. The molecular formula is C13H22O2. The molecule has 0 aliphatic carbocycles. The molecule has 0 radical (unpaired) electrons. The molecule has 0 saturated carbocycles. The minimum Gasteiger partial charge on any atom is -0.382 e. The second-order valence-electron chi connectivity index (χ2n) is 3.22. The lowest BCUT2D eigenvalue weighted by Gasteiger charge is -1.93. The molecule has 0 aliphatic heterocycles. The summed E-state index contributed by atoms with van der Waals surface area (Å²) < 4.78 is 9.31. The Kier molecular flexibility index (Phi) is 10.6. The van der Waals surface area contributed by atoms with E-state index in [0.717, 1.165) is 0 Å². The monoisotopic (exact) mass is 210 g/mol. The van der Waals surface area contributed by atoms with Crippen molar-refractivity contribution < 1.29 is 9.47 Å². The van der Waals surface area contributed by atoms with E-state index < -0.39 is 0 Å². The molecule has 0 saturated heterocycles. The third-order valence-electron chi connectivity index (χ3n) is 1.87. The molecule has 0 spiro atoms. The Morgan fingerprint density at radius 2 is 1.47 bits per heavy atom. The summed E-state index contributed by atoms with van der Waals surface area (Å²) in [4.78, 5) is 0. The maximum absolute atomic E-state index is 4.66. The van der Waals surface area contributed by atoms with Gasteiger partial charge in [0, 0.05) is 14.2 Å². The van der Waals surface area contributed by atoms with Crippen LogP contribution in [0.4, 0.5) is 0 Å². The van der Waals surface area contributed by atoms with Gasteiger partial charge in [0.1, 0.15) is 0 Å². The van der Waals surface area contributed by atoms with Gasteiger partial charge in [0.2, 0.25) is 0 Å². The maximum atomic E-state index is 4.66. The third-order valence-corrected chi connectivity index (χ3v) is 1.87. The van der Waals surface area contributed by atoms with Gasteiger partial charge in [-0.2, -0.15) is 0 Å². The van der Waals surface area contributed by atoms with Crippen LogP contribution in [0.5, 0.6) is 0 Å². The maximum Gasteiger partial charge on any atom is 0.0696 e. The van der Waals surface area contributed by atoms with Gasteiger partial charge in [-0.25, -0.2) is 0 Å². The first-order chi connectivity index (χ1) is 7.35. The van der Waals surface area contributed by atoms with Gasteiger partial charge in [0.15, 0.2) is 0 Å². The number of ether oxygens (including phenoxy) is 2. The second kappa shape index (κ2) is 11.2. The summed E-state index contributed by atoms with van der Waals surface area (Å²) in [5.41, 5.74) is 1.44. The lowest BCUT2D eigenvalue weighted by molar-refractivity contribution is 0.103. The molecule has 0 aromatic heterocycles. The number of rotatable bonds is 5. The predicted molar refractivity (Wildman–Crippen MR) is 64.2 cm³/mol. The van der Waals surface area contributed by atoms with Crippen molar-refractivity contribution in [2.24, 2.45) is 0 Å². The van der Waals surface area contributed by atoms with Crippen LogP contribution >= 0.6 is 0 Å². The van der Waals surface area contributed by atoms with Crippen LogP contribution in [-0.2, 0) is 15.9 Å². The van der Waals surface area contributed by atoms with Gasteiger partial charge in [0.25, 0.3) is 0 Å². The molecule has 0 amide bonds. The molecule has 1 aromatic rings. The van der Waals surface area contributed by atoms with Crippen LogP contribution in [0.2, 0.25) is 0 Å². The summed E-state index contributed by atoms with van der Waals surface area (Å²) >= 11 is 0. The Balaban J connectivity index is 0.000000288. The summed E-state index contributed by atoms with van der Waals surface area (Å²) in [6.45, 7) is 3.58. The fraction of sp³-hybridized carbons (Fsp3) is 0.538. The molecule has 0 N–H and O–H groups in total. The van der Waals surface area contributed by atoms with Gasteiger partial charge in [0.05, 0.1) is 13.2 Å². The molecule has 0 atom stereocenters. The Hall–Kier alpha value is -0.860. The molecule has 15 heavy (non-hydrogen) atoms. The van der Waals surface area contributed by atoms with Gasteiger partial charge in [-0.15, -0.1) is 0 Å². The number of aryl methyl sites for hydroxylation is 1. The molecule has 2 heteroatoms. The highest BCUT2D eigenvalue weighted by molar-refractivity contribution is 5.14. The summed E-state index contributed by atoms with van der Waals surface area (Å²) in [5, 5.41) is 0. The largest absolute Gasteiger partial charge is 0.382 e. The topological polar surface area (TPSA) is 18.5 Å². The van der Waals surface area contributed by atoms with E-state index in [1.165, 1.54) is 18.4 Å². The summed E-state index contributed by atoms with van der Waals surface area (Å²) in [6, 6.07) is 10.6. The van der Waals surface area contributed by atoms with E-state index in [2.05, 4.69) is 46.7 Å². The average molecular weight is 210 g/mol. The normalized spacial score (nSPS) is 9.27. The lowest BCUT2D eigenvalue weighted by atomic mass is 10.1. The summed E-state index contributed by atoms with van der Waals surface area (Å²) in [7, 11) is 3.30. The SMILES string of the molecule is CCCc1ccccc1.COCCOC. The molecule has 1 aromatic carbocycles. The fourth-order valence-corrected chi connectivity index (χ4v) is 1.10. The number of methoxy groups -OCH3 is 2.